The number of carbonyl (C=O) groups excluding carboxylic acids is 2. The molecule has 2 atom stereocenters. The minimum absolute atomic E-state index is 0.0529. The van der Waals surface area contributed by atoms with Crippen LogP contribution in [0, 0.1) is 11.7 Å². The third-order valence-corrected chi connectivity index (χ3v) is 9.44. The van der Waals surface area contributed by atoms with Crippen LogP contribution in [-0.2, 0) is 15.8 Å². The first-order valence-electron chi connectivity index (χ1n) is 14.5. The molecule has 4 aromatic rings. The lowest BCUT2D eigenvalue weighted by atomic mass is 9.81. The van der Waals surface area contributed by atoms with Gasteiger partial charge in [-0.3, -0.25) is 9.59 Å². The maximum absolute atomic E-state index is 14.5. The van der Waals surface area contributed by atoms with E-state index in [1.807, 2.05) is 6.07 Å². The van der Waals surface area contributed by atoms with Crippen LogP contribution in [0.25, 0.3) is 16.8 Å². The number of benzene rings is 1. The first-order chi connectivity index (χ1) is 21.0. The quantitative estimate of drug-likeness (QED) is 0.254. The van der Waals surface area contributed by atoms with E-state index in [4.69, 9.17) is 31.8 Å². The zero-order valence-electron chi connectivity index (χ0n) is 24.2. The summed E-state index contributed by atoms with van der Waals surface area (Å²) in [7, 11) is 1.52. The predicted molar refractivity (Wildman–Crippen MR) is 159 cm³/mol. The van der Waals surface area contributed by atoms with Gasteiger partial charge in [-0.2, -0.15) is 5.10 Å². The number of hydrogen-bond acceptors (Lipinski definition) is 7. The molecule has 44 heavy (non-hydrogen) atoms. The number of halogens is 2. The van der Waals surface area contributed by atoms with Gasteiger partial charge in [-0.15, -0.1) is 0 Å². The summed E-state index contributed by atoms with van der Waals surface area (Å²) in [6.45, 7) is 1.42. The summed E-state index contributed by atoms with van der Waals surface area (Å²) < 4.78 is 27.7. The molecule has 0 unspecified atom stereocenters. The molecule has 4 N–H and O–H groups in total. The highest BCUT2D eigenvalue weighted by Gasteiger charge is 2.50. The van der Waals surface area contributed by atoms with E-state index in [1.54, 1.807) is 35.7 Å². The second kappa shape index (κ2) is 10.2. The average molecular weight is 620 g/mol. The van der Waals surface area contributed by atoms with Crippen molar-refractivity contribution in [1.82, 2.24) is 19.9 Å². The van der Waals surface area contributed by atoms with Gasteiger partial charge < -0.3 is 25.6 Å². The number of nitrogens with one attached hydrogen (secondary N) is 1. The molecule has 1 aliphatic heterocycles. The summed E-state index contributed by atoms with van der Waals surface area (Å²) >= 11 is 6.37. The lowest BCUT2D eigenvalue weighted by molar-refractivity contribution is -0.123. The zero-order valence-corrected chi connectivity index (χ0v) is 24.9. The summed E-state index contributed by atoms with van der Waals surface area (Å²) in [6, 6.07) is 11.2. The molecule has 1 aromatic carbocycles. The Morgan fingerprint density at radius 1 is 1.25 bits per heavy atom. The molecular formula is C32H31ClFN5O5. The maximum atomic E-state index is 14.5. The predicted octanol–water partition coefficient (Wildman–Crippen LogP) is 4.24. The molecule has 0 radical (unpaired) electrons. The van der Waals surface area contributed by atoms with Gasteiger partial charge in [0.2, 0.25) is 11.8 Å². The molecule has 3 aliphatic rings. The third-order valence-electron chi connectivity index (χ3n) is 9.05. The highest BCUT2D eigenvalue weighted by atomic mass is 35.5. The molecule has 12 heteroatoms. The first-order valence-corrected chi connectivity index (χ1v) is 14.9. The smallest absolute Gasteiger partial charge is 0.251 e. The van der Waals surface area contributed by atoms with Crippen molar-refractivity contribution >= 4 is 28.9 Å². The Hall–Kier alpha value is -4.22. The van der Waals surface area contributed by atoms with E-state index in [0.717, 1.165) is 24.1 Å². The van der Waals surface area contributed by atoms with Gasteiger partial charge in [0.05, 0.1) is 35.6 Å². The van der Waals surface area contributed by atoms with Crippen LogP contribution in [0.15, 0.2) is 42.5 Å². The molecule has 4 heterocycles. The number of aromatic nitrogens is 3. The fourth-order valence-corrected chi connectivity index (χ4v) is 6.16. The number of nitrogens with zero attached hydrogens (tertiary/aromatic N) is 3. The van der Waals surface area contributed by atoms with Crippen LogP contribution in [0.2, 0.25) is 5.02 Å². The van der Waals surface area contributed by atoms with Gasteiger partial charge in [0.15, 0.2) is 0 Å². The van der Waals surface area contributed by atoms with E-state index in [1.165, 1.54) is 19.2 Å². The molecule has 2 amide bonds. The fourth-order valence-electron chi connectivity index (χ4n) is 5.94. The number of hydrogen-bond donors (Lipinski definition) is 3. The third kappa shape index (κ3) is 4.57. The standard InChI is InChI=1S/C32H31ClFN5O5/c1-31(30(35)41)15-44-28-21(31)13-24(37-27(28)20-4-3-5-22(34)26(20)33)32(42,18-8-9-18)14-36-29(40)17-10-19-12-23(16-6-7-16)38-39(19)25(11-17)43-2/h3-5,10-13,16,18,42H,6-9,14-15H2,1-2H3,(H2,35,41)(H,36,40)/t31-,32+/m0/s1. The van der Waals surface area contributed by atoms with Gasteiger partial charge in [0.25, 0.3) is 5.91 Å². The number of carbonyl (C=O) groups is 2. The van der Waals surface area contributed by atoms with Gasteiger partial charge in [0.1, 0.15) is 34.9 Å². The van der Waals surface area contributed by atoms with Gasteiger partial charge in [-0.05, 0) is 62.8 Å². The van der Waals surface area contributed by atoms with E-state index < -0.39 is 28.6 Å². The van der Waals surface area contributed by atoms with Crippen LogP contribution in [0.3, 0.4) is 0 Å². The van der Waals surface area contributed by atoms with Crippen molar-refractivity contribution in [2.24, 2.45) is 11.7 Å². The molecule has 7 rings (SSSR count). The van der Waals surface area contributed by atoms with E-state index >= 15 is 0 Å². The number of pyridine rings is 2. The number of fused-ring (bicyclic) bond motifs is 2. The van der Waals surface area contributed by atoms with Gasteiger partial charge >= 0.3 is 0 Å². The highest BCUT2D eigenvalue weighted by molar-refractivity contribution is 6.33. The summed E-state index contributed by atoms with van der Waals surface area (Å²) in [4.78, 5) is 30.9. The van der Waals surface area contributed by atoms with E-state index in [-0.39, 0.29) is 46.8 Å². The van der Waals surface area contributed by atoms with Crippen LogP contribution in [-0.4, -0.2) is 51.8 Å². The van der Waals surface area contributed by atoms with Crippen LogP contribution < -0.4 is 20.5 Å². The van der Waals surface area contributed by atoms with E-state index in [2.05, 4.69) is 10.4 Å². The van der Waals surface area contributed by atoms with Crippen molar-refractivity contribution in [2.45, 2.75) is 49.5 Å². The maximum Gasteiger partial charge on any atom is 0.251 e. The Morgan fingerprint density at radius 2 is 2.02 bits per heavy atom. The Kier molecular flexibility index (Phi) is 6.60. The molecule has 2 saturated carbocycles. The molecule has 0 saturated heterocycles. The van der Waals surface area contributed by atoms with Crippen LogP contribution in [0.4, 0.5) is 4.39 Å². The SMILES string of the molecule is COc1cc(C(=O)NC[C@](O)(c2cc3c(c(-c4cccc(F)c4Cl)n2)OC[C@]3(C)C(N)=O)C2CC2)cc2cc(C3CC3)nn12. The molecule has 0 bridgehead atoms. The molecule has 228 valence electrons. The molecular weight excluding hydrogens is 589 g/mol. The number of nitrogens with two attached hydrogens (primary N) is 1. The van der Waals surface area contributed by atoms with Gasteiger partial charge in [-0.25, -0.2) is 13.9 Å². The molecule has 2 aliphatic carbocycles. The van der Waals surface area contributed by atoms with Crippen molar-refractivity contribution in [3.8, 4) is 22.9 Å². The van der Waals surface area contributed by atoms with Crippen molar-refractivity contribution in [3.05, 3.63) is 75.8 Å². The largest absolute Gasteiger partial charge is 0.489 e. The monoisotopic (exact) mass is 619 g/mol. The number of primary amides is 1. The summed E-state index contributed by atoms with van der Waals surface area (Å²) in [6.07, 6.45) is 3.58. The number of ether oxygens (including phenoxy) is 2. The fraction of sp³-hybridized carbons (Fsp3) is 0.375. The Bertz CT molecular complexity index is 1850. The van der Waals surface area contributed by atoms with E-state index in [0.29, 0.717) is 35.8 Å². The van der Waals surface area contributed by atoms with Crippen molar-refractivity contribution in [2.75, 3.05) is 20.3 Å². The van der Waals surface area contributed by atoms with Crippen molar-refractivity contribution < 1.29 is 28.6 Å². The Labute approximate surface area is 257 Å². The van der Waals surface area contributed by atoms with Crippen LogP contribution in [0.5, 0.6) is 11.6 Å². The molecule has 3 aromatic heterocycles. The van der Waals surface area contributed by atoms with Gasteiger partial charge in [0, 0.05) is 28.7 Å². The van der Waals surface area contributed by atoms with Crippen LogP contribution in [0.1, 0.15) is 65.8 Å². The minimum Gasteiger partial charge on any atom is -0.489 e. The molecule has 10 nitrogen and oxygen atoms in total. The summed E-state index contributed by atoms with van der Waals surface area (Å²) in [5.74, 6) is -0.823. The topological polar surface area (TPSA) is 141 Å². The summed E-state index contributed by atoms with van der Waals surface area (Å²) in [5.41, 5.74) is 6.04. The van der Waals surface area contributed by atoms with Crippen LogP contribution >= 0.6 is 11.6 Å². The Morgan fingerprint density at radius 3 is 2.70 bits per heavy atom. The zero-order chi connectivity index (χ0) is 31.0. The first kappa shape index (κ1) is 28.5. The van der Waals surface area contributed by atoms with E-state index in [9.17, 15) is 19.1 Å². The second-order valence-corrected chi connectivity index (χ2v) is 12.5. The van der Waals surface area contributed by atoms with Crippen molar-refractivity contribution in [1.29, 1.82) is 0 Å². The second-order valence-electron chi connectivity index (χ2n) is 12.2. The van der Waals surface area contributed by atoms with Gasteiger partial charge in [-0.1, -0.05) is 23.7 Å². The summed E-state index contributed by atoms with van der Waals surface area (Å²) in [5, 5.41) is 19.6. The average Bonchev–Trinajstić information content (AvgIpc) is 3.96. The minimum atomic E-state index is -1.62. The molecule has 2 fully saturated rings. The highest BCUT2D eigenvalue weighted by Crippen LogP contribution is 2.50. The lowest BCUT2D eigenvalue weighted by Crippen LogP contribution is -2.44. The number of amides is 2. The number of aliphatic hydroxyl groups is 1. The molecule has 0 spiro atoms. The lowest BCUT2D eigenvalue weighted by Gasteiger charge is -2.30. The number of rotatable bonds is 9. The number of methoxy groups -OCH3 is 1. The normalized spacial score (nSPS) is 20.6. The Balaban J connectivity index is 1.27. The van der Waals surface area contributed by atoms with Crippen molar-refractivity contribution in [3.63, 3.8) is 0 Å².